The first-order valence-corrected chi connectivity index (χ1v) is 5.64. The molecule has 0 saturated carbocycles. The van der Waals surface area contributed by atoms with Crippen molar-refractivity contribution in [1.82, 2.24) is 4.98 Å². The van der Waals surface area contributed by atoms with Crippen LogP contribution >= 0.6 is 0 Å². The minimum Gasteiger partial charge on any atom is -0.508 e. The summed E-state index contributed by atoms with van der Waals surface area (Å²) in [6, 6.07) is 4.98. The molecule has 1 heterocycles. The quantitative estimate of drug-likeness (QED) is 0.583. The highest BCUT2D eigenvalue weighted by Crippen LogP contribution is 2.24. The van der Waals surface area contributed by atoms with E-state index in [1.807, 2.05) is 0 Å². The van der Waals surface area contributed by atoms with Crippen LogP contribution in [0.15, 0.2) is 24.3 Å². The molecule has 5 N–H and O–H groups in total. The van der Waals surface area contributed by atoms with Gasteiger partial charge in [-0.05, 0) is 25.1 Å². The number of rotatable bonds is 3. The SMILES string of the molecule is Cc1cc(NC(=O)c2ccc(O)cc2O)c(C(=O)O)[nH]1. The van der Waals surface area contributed by atoms with Gasteiger partial charge in [0, 0.05) is 11.8 Å². The van der Waals surface area contributed by atoms with Crippen LogP contribution in [0.2, 0.25) is 0 Å². The molecule has 20 heavy (non-hydrogen) atoms. The Balaban J connectivity index is 2.30. The molecule has 1 aromatic heterocycles. The van der Waals surface area contributed by atoms with Gasteiger partial charge in [-0.15, -0.1) is 0 Å². The molecule has 0 radical (unpaired) electrons. The van der Waals surface area contributed by atoms with Gasteiger partial charge < -0.3 is 25.6 Å². The maximum atomic E-state index is 12.0. The Bertz CT molecular complexity index is 690. The van der Waals surface area contributed by atoms with Crippen LogP contribution in [0.5, 0.6) is 11.5 Å². The Morgan fingerprint density at radius 2 is 1.90 bits per heavy atom. The normalized spacial score (nSPS) is 10.2. The number of aromatic nitrogens is 1. The number of anilines is 1. The van der Waals surface area contributed by atoms with E-state index in [0.29, 0.717) is 5.69 Å². The maximum absolute atomic E-state index is 12.0. The molecule has 0 aliphatic carbocycles. The van der Waals surface area contributed by atoms with Gasteiger partial charge in [0.15, 0.2) is 0 Å². The summed E-state index contributed by atoms with van der Waals surface area (Å²) >= 11 is 0. The summed E-state index contributed by atoms with van der Waals surface area (Å²) in [7, 11) is 0. The molecule has 0 aliphatic heterocycles. The first kappa shape index (κ1) is 13.5. The van der Waals surface area contributed by atoms with Gasteiger partial charge in [0.05, 0.1) is 11.3 Å². The van der Waals surface area contributed by atoms with E-state index in [-0.39, 0.29) is 22.7 Å². The number of carboxylic acids is 1. The van der Waals surface area contributed by atoms with E-state index in [4.69, 9.17) is 10.2 Å². The number of carboxylic acid groups (broad SMARTS) is 1. The molecule has 7 nitrogen and oxygen atoms in total. The number of aryl methyl sites for hydroxylation is 1. The lowest BCUT2D eigenvalue weighted by Crippen LogP contribution is -2.14. The van der Waals surface area contributed by atoms with Crippen LogP contribution in [-0.4, -0.2) is 32.2 Å². The first-order chi connectivity index (χ1) is 9.38. The fourth-order valence-electron chi connectivity index (χ4n) is 1.76. The number of hydrogen-bond acceptors (Lipinski definition) is 4. The summed E-state index contributed by atoms with van der Waals surface area (Å²) in [5.41, 5.74) is 0.465. The molecular weight excluding hydrogens is 264 g/mol. The Hall–Kier alpha value is -2.96. The third-order valence-electron chi connectivity index (χ3n) is 2.64. The number of H-pyrrole nitrogens is 1. The standard InChI is InChI=1S/C13H12N2O5/c1-6-4-9(11(14-6)13(19)20)15-12(18)8-3-2-7(16)5-10(8)17/h2-5,14,16-17H,1H3,(H,15,18)(H,19,20). The third kappa shape index (κ3) is 2.56. The van der Waals surface area contributed by atoms with Crippen molar-refractivity contribution >= 4 is 17.6 Å². The summed E-state index contributed by atoms with van der Waals surface area (Å²) in [4.78, 5) is 25.6. The molecule has 0 unspecified atom stereocenters. The second-order valence-electron chi connectivity index (χ2n) is 4.20. The minimum absolute atomic E-state index is 0.0713. The number of phenolic OH excluding ortho intramolecular Hbond substituents is 2. The van der Waals surface area contributed by atoms with Gasteiger partial charge >= 0.3 is 5.97 Å². The number of phenols is 2. The summed E-state index contributed by atoms with van der Waals surface area (Å²) < 4.78 is 0. The van der Waals surface area contributed by atoms with Gasteiger partial charge in [-0.3, -0.25) is 4.79 Å². The van der Waals surface area contributed by atoms with Gasteiger partial charge in [0.25, 0.3) is 5.91 Å². The topological polar surface area (TPSA) is 123 Å². The molecule has 1 aromatic carbocycles. The molecular formula is C13H12N2O5. The number of aromatic amines is 1. The highest BCUT2D eigenvalue weighted by Gasteiger charge is 2.18. The van der Waals surface area contributed by atoms with Crippen LogP contribution < -0.4 is 5.32 Å². The lowest BCUT2D eigenvalue weighted by atomic mass is 10.1. The third-order valence-corrected chi connectivity index (χ3v) is 2.64. The van der Waals surface area contributed by atoms with Gasteiger partial charge in [0.2, 0.25) is 0 Å². The van der Waals surface area contributed by atoms with Gasteiger partial charge in [-0.2, -0.15) is 0 Å². The van der Waals surface area contributed by atoms with Crippen LogP contribution in [0.25, 0.3) is 0 Å². The summed E-state index contributed by atoms with van der Waals surface area (Å²) in [6.07, 6.45) is 0. The van der Waals surface area contributed by atoms with Crippen molar-refractivity contribution in [3.63, 3.8) is 0 Å². The molecule has 0 fully saturated rings. The Labute approximate surface area is 113 Å². The molecule has 104 valence electrons. The van der Waals surface area contributed by atoms with Crippen LogP contribution in [0.1, 0.15) is 26.5 Å². The largest absolute Gasteiger partial charge is 0.508 e. The van der Waals surface area contributed by atoms with Crippen LogP contribution in [-0.2, 0) is 0 Å². The number of carbonyl (C=O) groups excluding carboxylic acids is 1. The zero-order valence-corrected chi connectivity index (χ0v) is 10.5. The predicted molar refractivity (Wildman–Crippen MR) is 70.2 cm³/mol. The fourth-order valence-corrected chi connectivity index (χ4v) is 1.76. The average Bonchev–Trinajstić information content (AvgIpc) is 2.70. The zero-order chi connectivity index (χ0) is 14.9. The molecule has 0 saturated heterocycles. The number of amides is 1. The van der Waals surface area contributed by atoms with Crippen molar-refractivity contribution in [3.05, 3.63) is 41.2 Å². The summed E-state index contributed by atoms with van der Waals surface area (Å²) in [5, 5.41) is 30.1. The van der Waals surface area contributed by atoms with Crippen molar-refractivity contribution < 1.29 is 24.9 Å². The van der Waals surface area contributed by atoms with E-state index in [1.54, 1.807) is 6.92 Å². The lowest BCUT2D eigenvalue weighted by Gasteiger charge is -2.06. The monoisotopic (exact) mass is 276 g/mol. The molecule has 2 aromatic rings. The van der Waals surface area contributed by atoms with E-state index >= 15 is 0 Å². The number of nitrogens with one attached hydrogen (secondary N) is 2. The van der Waals surface area contributed by atoms with Crippen molar-refractivity contribution in [2.45, 2.75) is 6.92 Å². The van der Waals surface area contributed by atoms with Crippen molar-refractivity contribution in [2.24, 2.45) is 0 Å². The molecule has 1 amide bonds. The Kier molecular flexibility index (Phi) is 3.34. The van der Waals surface area contributed by atoms with Gasteiger partial charge in [-0.1, -0.05) is 0 Å². The molecule has 0 aliphatic rings. The molecule has 0 spiro atoms. The second kappa shape index (κ2) is 4.96. The Morgan fingerprint density at radius 1 is 1.20 bits per heavy atom. The van der Waals surface area contributed by atoms with E-state index in [2.05, 4.69) is 10.3 Å². The predicted octanol–water partition coefficient (Wildman–Crippen LogP) is 1.68. The maximum Gasteiger partial charge on any atom is 0.354 e. The fraction of sp³-hybridized carbons (Fsp3) is 0.0769. The van der Waals surface area contributed by atoms with E-state index in [1.165, 1.54) is 18.2 Å². The van der Waals surface area contributed by atoms with E-state index < -0.39 is 17.6 Å². The van der Waals surface area contributed by atoms with Crippen LogP contribution in [0, 0.1) is 6.92 Å². The van der Waals surface area contributed by atoms with Crippen LogP contribution in [0.3, 0.4) is 0 Å². The van der Waals surface area contributed by atoms with Crippen LogP contribution in [0.4, 0.5) is 5.69 Å². The lowest BCUT2D eigenvalue weighted by molar-refractivity contribution is 0.0692. The summed E-state index contributed by atoms with van der Waals surface area (Å²) in [6.45, 7) is 1.65. The highest BCUT2D eigenvalue weighted by molar-refractivity contribution is 6.08. The number of hydrogen-bond donors (Lipinski definition) is 5. The second-order valence-corrected chi connectivity index (χ2v) is 4.20. The van der Waals surface area contributed by atoms with Crippen molar-refractivity contribution in [3.8, 4) is 11.5 Å². The average molecular weight is 276 g/mol. The number of carbonyl (C=O) groups is 2. The number of aromatic hydroxyl groups is 2. The van der Waals surface area contributed by atoms with Crippen molar-refractivity contribution in [1.29, 1.82) is 0 Å². The van der Waals surface area contributed by atoms with Gasteiger partial charge in [-0.25, -0.2) is 4.79 Å². The Morgan fingerprint density at radius 3 is 2.50 bits per heavy atom. The zero-order valence-electron chi connectivity index (χ0n) is 10.5. The molecule has 0 bridgehead atoms. The number of benzene rings is 1. The van der Waals surface area contributed by atoms with Crippen molar-refractivity contribution in [2.75, 3.05) is 5.32 Å². The number of aromatic carboxylic acids is 1. The minimum atomic E-state index is -1.21. The summed E-state index contributed by atoms with van der Waals surface area (Å²) in [5.74, 6) is -2.46. The highest BCUT2D eigenvalue weighted by atomic mass is 16.4. The van der Waals surface area contributed by atoms with Gasteiger partial charge in [0.1, 0.15) is 17.2 Å². The molecule has 7 heteroatoms. The molecule has 0 atom stereocenters. The van der Waals surface area contributed by atoms with E-state index in [0.717, 1.165) is 6.07 Å². The smallest absolute Gasteiger partial charge is 0.354 e. The van der Waals surface area contributed by atoms with E-state index in [9.17, 15) is 14.7 Å². The first-order valence-electron chi connectivity index (χ1n) is 5.64. The molecule has 2 rings (SSSR count).